The van der Waals surface area contributed by atoms with Gasteiger partial charge >= 0.3 is 0 Å². The fourth-order valence-electron chi connectivity index (χ4n) is 5.96. The molecule has 0 amide bonds. The summed E-state index contributed by atoms with van der Waals surface area (Å²) in [5.74, 6) is 6.41. The molecule has 0 aliphatic heterocycles. The van der Waals surface area contributed by atoms with Crippen LogP contribution in [0.4, 0.5) is 0 Å². The molecule has 7 unspecified atom stereocenters. The molecule has 0 nitrogen and oxygen atoms in total. The van der Waals surface area contributed by atoms with Gasteiger partial charge in [0.25, 0.3) is 0 Å². The summed E-state index contributed by atoms with van der Waals surface area (Å²) in [7, 11) is 0. The molecule has 0 aromatic carbocycles. The molecule has 120 valence electrons. The maximum atomic E-state index is 2.73. The lowest BCUT2D eigenvalue weighted by atomic mass is 9.73. The van der Waals surface area contributed by atoms with E-state index in [1.165, 1.54) is 44.9 Å². The van der Waals surface area contributed by atoms with E-state index in [0.29, 0.717) is 0 Å². The molecule has 0 bridgehead atoms. The molecule has 0 heteroatoms. The van der Waals surface area contributed by atoms with Gasteiger partial charge in [0.15, 0.2) is 0 Å². The molecular formula is C22H32. The molecule has 0 spiro atoms. The van der Waals surface area contributed by atoms with Crippen LogP contribution in [0.2, 0.25) is 0 Å². The van der Waals surface area contributed by atoms with Gasteiger partial charge in [-0.1, -0.05) is 75.5 Å². The minimum atomic E-state index is 0.813. The second-order valence-corrected chi connectivity index (χ2v) is 8.36. The summed E-state index contributed by atoms with van der Waals surface area (Å²) in [6.45, 7) is 4.86. The summed E-state index contributed by atoms with van der Waals surface area (Å²) >= 11 is 0. The highest BCUT2D eigenvalue weighted by atomic mass is 14.6. The Labute approximate surface area is 136 Å². The van der Waals surface area contributed by atoms with Gasteiger partial charge in [0.05, 0.1) is 0 Å². The minimum absolute atomic E-state index is 0.813. The zero-order chi connectivity index (χ0) is 15.1. The van der Waals surface area contributed by atoms with Gasteiger partial charge in [-0.15, -0.1) is 0 Å². The van der Waals surface area contributed by atoms with Gasteiger partial charge in [0.1, 0.15) is 0 Å². The van der Waals surface area contributed by atoms with E-state index in [9.17, 15) is 0 Å². The van der Waals surface area contributed by atoms with E-state index >= 15 is 0 Å². The van der Waals surface area contributed by atoms with E-state index in [4.69, 9.17) is 0 Å². The molecule has 22 heavy (non-hydrogen) atoms. The van der Waals surface area contributed by atoms with Gasteiger partial charge < -0.3 is 0 Å². The van der Waals surface area contributed by atoms with Crippen molar-refractivity contribution in [1.82, 2.24) is 0 Å². The zero-order valence-electron chi connectivity index (χ0n) is 14.4. The molecule has 0 N–H and O–H groups in total. The van der Waals surface area contributed by atoms with E-state index in [-0.39, 0.29) is 0 Å². The summed E-state index contributed by atoms with van der Waals surface area (Å²) in [6.07, 6.45) is 22.4. The molecule has 7 atom stereocenters. The van der Waals surface area contributed by atoms with Crippen molar-refractivity contribution in [3.05, 3.63) is 36.0 Å². The first-order chi connectivity index (χ1) is 10.8. The summed E-state index contributed by atoms with van der Waals surface area (Å²) in [6, 6.07) is 0. The van der Waals surface area contributed by atoms with Crippen molar-refractivity contribution in [2.24, 2.45) is 41.4 Å². The third kappa shape index (κ3) is 2.43. The number of hydrogen-bond donors (Lipinski definition) is 0. The Balaban J connectivity index is 1.47. The second-order valence-electron chi connectivity index (χ2n) is 8.36. The zero-order valence-corrected chi connectivity index (χ0v) is 14.4. The van der Waals surface area contributed by atoms with Gasteiger partial charge in [0, 0.05) is 0 Å². The first kappa shape index (κ1) is 14.8. The van der Waals surface area contributed by atoms with Crippen molar-refractivity contribution in [1.29, 1.82) is 0 Å². The highest BCUT2D eigenvalue weighted by molar-refractivity contribution is 5.32. The molecule has 0 radical (unpaired) electrons. The fraction of sp³-hybridized carbons (Fsp3) is 0.727. The Bertz CT molecular complexity index is 494. The summed E-state index contributed by atoms with van der Waals surface area (Å²) in [5, 5.41) is 0. The van der Waals surface area contributed by atoms with Crippen molar-refractivity contribution in [2.75, 3.05) is 0 Å². The van der Waals surface area contributed by atoms with Crippen LogP contribution in [0.3, 0.4) is 0 Å². The van der Waals surface area contributed by atoms with Gasteiger partial charge in [-0.2, -0.15) is 0 Å². The quantitative estimate of drug-likeness (QED) is 0.406. The summed E-state index contributed by atoms with van der Waals surface area (Å²) < 4.78 is 0. The molecule has 2 saturated carbocycles. The average Bonchev–Trinajstić information content (AvgIpc) is 3.25. The second kappa shape index (κ2) is 6.02. The summed E-state index contributed by atoms with van der Waals surface area (Å²) in [5.41, 5.74) is 1.86. The van der Waals surface area contributed by atoms with Crippen LogP contribution in [0, 0.1) is 41.4 Å². The fourth-order valence-corrected chi connectivity index (χ4v) is 5.96. The maximum absolute atomic E-state index is 2.73. The van der Waals surface area contributed by atoms with Gasteiger partial charge in [0.2, 0.25) is 0 Å². The highest BCUT2D eigenvalue weighted by Crippen LogP contribution is 2.65. The number of allylic oxidation sites excluding steroid dienone is 6. The van der Waals surface area contributed by atoms with Crippen molar-refractivity contribution in [3.63, 3.8) is 0 Å². The van der Waals surface area contributed by atoms with Crippen LogP contribution >= 0.6 is 0 Å². The van der Waals surface area contributed by atoms with E-state index in [1.807, 2.05) is 5.57 Å². The monoisotopic (exact) mass is 296 g/mol. The molecule has 0 aromatic heterocycles. The number of fused-ring (bicyclic) bond motifs is 5. The maximum Gasteiger partial charge on any atom is -0.00961 e. The van der Waals surface area contributed by atoms with Crippen molar-refractivity contribution < 1.29 is 0 Å². The predicted molar refractivity (Wildman–Crippen MR) is 94.5 cm³/mol. The largest absolute Gasteiger partial charge is 0.0816 e. The van der Waals surface area contributed by atoms with Gasteiger partial charge in [-0.05, 0) is 60.7 Å². The first-order valence-electron chi connectivity index (χ1n) is 9.87. The molecule has 4 rings (SSSR count). The first-order valence-corrected chi connectivity index (χ1v) is 9.87. The summed E-state index contributed by atoms with van der Waals surface area (Å²) in [4.78, 5) is 0. The Hall–Kier alpha value is -0.780. The average molecular weight is 296 g/mol. The van der Waals surface area contributed by atoms with E-state index in [2.05, 4.69) is 44.2 Å². The van der Waals surface area contributed by atoms with E-state index in [0.717, 1.165) is 41.4 Å². The van der Waals surface area contributed by atoms with Crippen molar-refractivity contribution in [3.8, 4) is 0 Å². The van der Waals surface area contributed by atoms with Crippen LogP contribution < -0.4 is 0 Å². The van der Waals surface area contributed by atoms with E-state index in [1.54, 1.807) is 0 Å². The SMILES string of the molecule is CCCCCCCC1=CC2CC2C2C(C)C3C=CC=CC3C12. The smallest absolute Gasteiger partial charge is 0.00961 e. The van der Waals surface area contributed by atoms with E-state index < -0.39 is 0 Å². The van der Waals surface area contributed by atoms with Crippen LogP contribution in [0.1, 0.15) is 58.8 Å². The Morgan fingerprint density at radius 2 is 1.77 bits per heavy atom. The highest BCUT2D eigenvalue weighted by Gasteiger charge is 2.58. The number of hydrogen-bond acceptors (Lipinski definition) is 0. The third-order valence-corrected chi connectivity index (χ3v) is 7.08. The van der Waals surface area contributed by atoms with Crippen LogP contribution in [-0.2, 0) is 0 Å². The third-order valence-electron chi connectivity index (χ3n) is 7.08. The Kier molecular flexibility index (Phi) is 4.05. The number of unbranched alkanes of at least 4 members (excludes halogenated alkanes) is 4. The molecular weight excluding hydrogens is 264 g/mol. The molecule has 0 heterocycles. The Morgan fingerprint density at radius 1 is 1.00 bits per heavy atom. The van der Waals surface area contributed by atoms with Crippen LogP contribution in [-0.4, -0.2) is 0 Å². The van der Waals surface area contributed by atoms with Gasteiger partial charge in [-0.25, -0.2) is 0 Å². The van der Waals surface area contributed by atoms with Crippen LogP contribution in [0.25, 0.3) is 0 Å². The lowest BCUT2D eigenvalue weighted by Crippen LogP contribution is -2.24. The van der Waals surface area contributed by atoms with Gasteiger partial charge in [-0.3, -0.25) is 0 Å². The predicted octanol–water partition coefficient (Wildman–Crippen LogP) is 6.16. The topological polar surface area (TPSA) is 0 Å². The molecule has 4 aliphatic rings. The molecule has 0 aromatic rings. The normalized spacial score (nSPS) is 44.3. The Morgan fingerprint density at radius 3 is 2.59 bits per heavy atom. The molecule has 0 saturated heterocycles. The lowest BCUT2D eigenvalue weighted by molar-refractivity contribution is 0.275. The van der Waals surface area contributed by atoms with Crippen molar-refractivity contribution in [2.45, 2.75) is 58.8 Å². The lowest BCUT2D eigenvalue weighted by Gasteiger charge is -2.31. The van der Waals surface area contributed by atoms with Crippen molar-refractivity contribution >= 4 is 0 Å². The minimum Gasteiger partial charge on any atom is -0.0816 e. The van der Waals surface area contributed by atoms with Crippen LogP contribution in [0.15, 0.2) is 36.0 Å². The number of rotatable bonds is 6. The molecule has 2 fully saturated rings. The molecule has 4 aliphatic carbocycles. The standard InChI is InChI=1S/C22H32/c1-3-4-5-6-7-10-16-13-17-14-20(17)21-15(2)18-11-8-9-12-19(18)22(16)21/h8-9,11-13,15,17-22H,3-7,10,14H2,1-2H3. The van der Waals surface area contributed by atoms with Crippen LogP contribution in [0.5, 0.6) is 0 Å².